The summed E-state index contributed by atoms with van der Waals surface area (Å²) in [5.74, 6) is 0. The molecule has 1 heterocycles. The van der Waals surface area contributed by atoms with Crippen LogP contribution in [0.2, 0.25) is 0 Å². The van der Waals surface area contributed by atoms with Gasteiger partial charge in [-0.1, -0.05) is 36.4 Å². The molecule has 1 aliphatic heterocycles. The lowest BCUT2D eigenvalue weighted by molar-refractivity contribution is 0.487. The summed E-state index contributed by atoms with van der Waals surface area (Å²) in [7, 11) is 0. The fraction of sp³-hybridized carbons (Fsp3) is 0.154. The summed E-state index contributed by atoms with van der Waals surface area (Å²) in [6.07, 6.45) is 8.44. The standard InChI is InChI=1S/C13H12NO/c15-11-13-7-4-8-14(10-13)9-12-5-2-1-3-6-12/h1-6,8,10H,7,9H2. The Balaban J connectivity index is 2.07. The van der Waals surface area contributed by atoms with E-state index in [-0.39, 0.29) is 0 Å². The van der Waals surface area contributed by atoms with Crippen LogP contribution in [0.5, 0.6) is 0 Å². The number of rotatable bonds is 3. The van der Waals surface area contributed by atoms with Crippen molar-refractivity contribution in [2.24, 2.45) is 0 Å². The molecule has 0 saturated heterocycles. The minimum atomic E-state index is 0.689. The second kappa shape index (κ2) is 4.60. The van der Waals surface area contributed by atoms with Gasteiger partial charge in [-0.15, -0.1) is 0 Å². The molecule has 0 atom stereocenters. The monoisotopic (exact) mass is 198 g/mol. The van der Waals surface area contributed by atoms with Crippen LogP contribution in [0.3, 0.4) is 0 Å². The van der Waals surface area contributed by atoms with Gasteiger partial charge in [-0.3, -0.25) is 4.79 Å². The molecule has 0 spiro atoms. The number of nitrogens with zero attached hydrogens (tertiary/aromatic N) is 1. The van der Waals surface area contributed by atoms with E-state index in [9.17, 15) is 4.79 Å². The van der Waals surface area contributed by atoms with Crippen LogP contribution in [0, 0.1) is 0 Å². The molecule has 0 saturated carbocycles. The van der Waals surface area contributed by atoms with Crippen molar-refractivity contribution in [3.8, 4) is 0 Å². The molecule has 2 rings (SSSR count). The van der Waals surface area contributed by atoms with Crippen molar-refractivity contribution >= 4 is 6.29 Å². The Morgan fingerprint density at radius 2 is 2.07 bits per heavy atom. The lowest BCUT2D eigenvalue weighted by Gasteiger charge is -2.19. The molecule has 75 valence electrons. The van der Waals surface area contributed by atoms with Crippen molar-refractivity contribution in [2.75, 3.05) is 0 Å². The van der Waals surface area contributed by atoms with Gasteiger partial charge in [0, 0.05) is 24.5 Å². The summed E-state index contributed by atoms with van der Waals surface area (Å²) in [6, 6.07) is 10.2. The SMILES string of the molecule is O=[C]C1=CN(Cc2ccccc2)C=CC1. The van der Waals surface area contributed by atoms with Gasteiger partial charge in [0.15, 0.2) is 0 Å². The first-order chi connectivity index (χ1) is 7.38. The summed E-state index contributed by atoms with van der Waals surface area (Å²) in [6.45, 7) is 0.794. The first kappa shape index (κ1) is 9.71. The zero-order valence-electron chi connectivity index (χ0n) is 8.39. The predicted octanol–water partition coefficient (Wildman–Crippen LogP) is 2.40. The molecule has 1 aliphatic rings. The van der Waals surface area contributed by atoms with E-state index < -0.39 is 0 Å². The van der Waals surface area contributed by atoms with Crippen LogP contribution in [0.1, 0.15) is 12.0 Å². The van der Waals surface area contributed by atoms with Gasteiger partial charge in [-0.25, -0.2) is 0 Å². The van der Waals surface area contributed by atoms with Crippen LogP contribution in [0.4, 0.5) is 0 Å². The van der Waals surface area contributed by atoms with E-state index in [1.54, 1.807) is 0 Å². The summed E-state index contributed by atoms with van der Waals surface area (Å²) < 4.78 is 0. The van der Waals surface area contributed by atoms with E-state index in [2.05, 4.69) is 12.1 Å². The molecule has 0 N–H and O–H groups in total. The summed E-state index contributed by atoms with van der Waals surface area (Å²) in [5.41, 5.74) is 1.93. The van der Waals surface area contributed by atoms with Crippen molar-refractivity contribution in [2.45, 2.75) is 13.0 Å². The van der Waals surface area contributed by atoms with Gasteiger partial charge in [0.25, 0.3) is 0 Å². The van der Waals surface area contributed by atoms with Crippen LogP contribution >= 0.6 is 0 Å². The van der Waals surface area contributed by atoms with Crippen LogP contribution < -0.4 is 0 Å². The van der Waals surface area contributed by atoms with Crippen LogP contribution in [0.15, 0.2) is 54.4 Å². The van der Waals surface area contributed by atoms with E-state index in [0.717, 1.165) is 6.54 Å². The van der Waals surface area contributed by atoms with Gasteiger partial charge < -0.3 is 4.90 Å². The van der Waals surface area contributed by atoms with Gasteiger partial charge >= 0.3 is 0 Å². The van der Waals surface area contributed by atoms with Gasteiger partial charge in [-0.05, 0) is 12.0 Å². The van der Waals surface area contributed by atoms with Gasteiger partial charge in [0.1, 0.15) is 0 Å². The molecular weight excluding hydrogens is 186 g/mol. The molecule has 2 nitrogen and oxygen atoms in total. The van der Waals surface area contributed by atoms with Crippen molar-refractivity contribution in [3.05, 3.63) is 59.9 Å². The lowest BCUT2D eigenvalue weighted by Crippen LogP contribution is -2.13. The Labute approximate surface area is 89.5 Å². The molecule has 0 unspecified atom stereocenters. The highest BCUT2D eigenvalue weighted by Crippen LogP contribution is 2.13. The highest BCUT2D eigenvalue weighted by atomic mass is 16.1. The van der Waals surface area contributed by atoms with Crippen LogP contribution in [-0.2, 0) is 11.3 Å². The molecule has 15 heavy (non-hydrogen) atoms. The van der Waals surface area contributed by atoms with E-state index in [0.29, 0.717) is 12.0 Å². The summed E-state index contributed by atoms with van der Waals surface area (Å²) in [5, 5.41) is 0. The molecule has 0 aromatic heterocycles. The van der Waals surface area contributed by atoms with Crippen molar-refractivity contribution in [1.29, 1.82) is 0 Å². The Kier molecular flexibility index (Phi) is 2.98. The van der Waals surface area contributed by atoms with Crippen LogP contribution in [-0.4, -0.2) is 11.2 Å². The third kappa shape index (κ3) is 2.56. The minimum Gasteiger partial charge on any atom is -0.350 e. The third-order valence-corrected chi connectivity index (χ3v) is 2.30. The predicted molar refractivity (Wildman–Crippen MR) is 59.5 cm³/mol. The number of carbonyl (C=O) groups excluding carboxylic acids is 1. The maximum Gasteiger partial charge on any atom is 0.231 e. The molecule has 0 fully saturated rings. The lowest BCUT2D eigenvalue weighted by atomic mass is 10.1. The van der Waals surface area contributed by atoms with Gasteiger partial charge in [0.05, 0.1) is 0 Å². The Bertz CT molecular complexity index is 392. The van der Waals surface area contributed by atoms with Crippen molar-refractivity contribution < 1.29 is 4.79 Å². The zero-order chi connectivity index (χ0) is 10.5. The fourth-order valence-electron chi connectivity index (χ4n) is 1.57. The Morgan fingerprint density at radius 3 is 2.80 bits per heavy atom. The number of benzene rings is 1. The number of hydrogen-bond acceptors (Lipinski definition) is 2. The number of allylic oxidation sites excluding steroid dienone is 2. The van der Waals surface area contributed by atoms with Gasteiger partial charge in [0.2, 0.25) is 6.29 Å². The Morgan fingerprint density at radius 1 is 1.27 bits per heavy atom. The Hall–Kier alpha value is -1.83. The first-order valence-corrected chi connectivity index (χ1v) is 4.93. The maximum atomic E-state index is 10.5. The normalized spacial score (nSPS) is 14.9. The molecular formula is C13H12NO. The van der Waals surface area contributed by atoms with Crippen molar-refractivity contribution in [3.63, 3.8) is 0 Å². The van der Waals surface area contributed by atoms with Gasteiger partial charge in [-0.2, -0.15) is 0 Å². The maximum absolute atomic E-state index is 10.5. The smallest absolute Gasteiger partial charge is 0.231 e. The highest BCUT2D eigenvalue weighted by molar-refractivity contribution is 5.74. The number of hydrogen-bond donors (Lipinski definition) is 0. The molecule has 1 aromatic rings. The van der Waals surface area contributed by atoms with Crippen LogP contribution in [0.25, 0.3) is 0 Å². The van der Waals surface area contributed by atoms with Crippen molar-refractivity contribution in [1.82, 2.24) is 4.90 Å². The topological polar surface area (TPSA) is 20.3 Å². The molecule has 0 aliphatic carbocycles. The zero-order valence-corrected chi connectivity index (χ0v) is 8.39. The molecule has 0 bridgehead atoms. The molecule has 0 amide bonds. The summed E-state index contributed by atoms with van der Waals surface area (Å²) >= 11 is 0. The molecule has 1 radical (unpaired) electrons. The minimum absolute atomic E-state index is 0.689. The fourth-order valence-corrected chi connectivity index (χ4v) is 1.57. The third-order valence-electron chi connectivity index (χ3n) is 2.30. The molecule has 1 aromatic carbocycles. The quantitative estimate of drug-likeness (QED) is 0.743. The highest BCUT2D eigenvalue weighted by Gasteiger charge is 2.05. The second-order valence-electron chi connectivity index (χ2n) is 3.50. The average Bonchev–Trinajstić information content (AvgIpc) is 2.31. The van der Waals surface area contributed by atoms with E-state index in [1.165, 1.54) is 5.56 Å². The van der Waals surface area contributed by atoms with E-state index >= 15 is 0 Å². The van der Waals surface area contributed by atoms with E-state index in [1.807, 2.05) is 47.9 Å². The second-order valence-corrected chi connectivity index (χ2v) is 3.50. The largest absolute Gasteiger partial charge is 0.350 e. The van der Waals surface area contributed by atoms with E-state index in [4.69, 9.17) is 0 Å². The molecule has 2 heteroatoms. The average molecular weight is 198 g/mol. The first-order valence-electron chi connectivity index (χ1n) is 4.93. The summed E-state index contributed by atoms with van der Waals surface area (Å²) in [4.78, 5) is 12.5.